The van der Waals surface area contributed by atoms with E-state index in [2.05, 4.69) is 149 Å². The molecular weight excluding hydrogens is 552 g/mol. The van der Waals surface area contributed by atoms with Crippen LogP contribution in [0.2, 0.25) is 24.7 Å². The van der Waals surface area contributed by atoms with Gasteiger partial charge in [0.1, 0.15) is 0 Å². The zero-order valence-corrected chi connectivity index (χ0v) is 26.6. The number of hydrogen-bond acceptors (Lipinski definition) is 0. The molecule has 0 saturated carbocycles. The molecule has 0 aromatic heterocycles. The van der Waals surface area contributed by atoms with Crippen molar-refractivity contribution in [2.75, 3.05) is 0 Å². The van der Waals surface area contributed by atoms with Gasteiger partial charge in [-0.05, 0) is 18.4 Å². The number of hydrogen-bond donors (Lipinski definition) is 0. The molecule has 0 N–H and O–H groups in total. The van der Waals surface area contributed by atoms with Crippen LogP contribution in [-0.2, 0) is 24.2 Å². The third-order valence-corrected chi connectivity index (χ3v) is 13.1. The third kappa shape index (κ3) is 5.14. The normalized spacial score (nSPS) is 19.3. The van der Waals surface area contributed by atoms with Gasteiger partial charge in [0, 0.05) is 0 Å². The van der Waals surface area contributed by atoms with E-state index in [4.69, 9.17) is 0 Å². The van der Waals surface area contributed by atoms with Crippen molar-refractivity contribution in [3.63, 3.8) is 0 Å². The Labute approximate surface area is 243 Å². The second-order valence-corrected chi connectivity index (χ2v) is 18.3. The van der Waals surface area contributed by atoms with Crippen LogP contribution in [0.25, 0.3) is 11.6 Å². The Morgan fingerprint density at radius 1 is 0.895 bits per heavy atom. The quantitative estimate of drug-likeness (QED) is 0.220. The molecule has 0 radical (unpaired) electrons. The van der Waals surface area contributed by atoms with E-state index in [0.717, 1.165) is 6.42 Å². The van der Waals surface area contributed by atoms with E-state index >= 15 is 0 Å². The van der Waals surface area contributed by atoms with Gasteiger partial charge in [-0.15, -0.1) is 33.7 Å². The summed E-state index contributed by atoms with van der Waals surface area (Å²) in [6.45, 7) is 12.1. The maximum atomic E-state index is 3.78. The number of benzene rings is 3. The number of allylic oxidation sites excluding steroid dienone is 8. The maximum absolute atomic E-state index is 3.78. The molecule has 3 aromatic carbocycles. The fourth-order valence-electron chi connectivity index (χ4n) is 5.42. The van der Waals surface area contributed by atoms with Crippen LogP contribution >= 0.6 is 0 Å². The molecule has 38 heavy (non-hydrogen) atoms. The predicted octanol–water partition coefficient (Wildman–Crippen LogP) is 7.47. The minimum atomic E-state index is -1.45. The first-order valence-electron chi connectivity index (χ1n) is 13.4. The zero-order chi connectivity index (χ0) is 26.9. The molecule has 0 spiro atoms. The van der Waals surface area contributed by atoms with Crippen molar-refractivity contribution in [1.82, 2.24) is 0 Å². The molecule has 1 unspecified atom stereocenters. The second kappa shape index (κ2) is 10.8. The number of rotatable bonds is 4. The van der Waals surface area contributed by atoms with E-state index in [-0.39, 0.29) is 5.04 Å². The molecule has 1 atom stereocenters. The minimum absolute atomic E-state index is 0.147. The van der Waals surface area contributed by atoms with Crippen LogP contribution in [0.3, 0.4) is 0 Å². The zero-order valence-electron chi connectivity index (χ0n) is 23.1. The molecule has 2 heteroatoms. The van der Waals surface area contributed by atoms with Crippen LogP contribution in [-0.4, -0.2) is 11.3 Å². The van der Waals surface area contributed by atoms with E-state index in [1.54, 1.807) is 0 Å². The van der Waals surface area contributed by atoms with Gasteiger partial charge in [-0.1, -0.05) is 85.8 Å². The van der Waals surface area contributed by atoms with Gasteiger partial charge in [-0.25, -0.2) is 0 Å². The van der Waals surface area contributed by atoms with Gasteiger partial charge in [-0.2, -0.15) is 0 Å². The Bertz CT molecular complexity index is 1590. The topological polar surface area (TPSA) is 0 Å². The van der Waals surface area contributed by atoms with Crippen LogP contribution < -0.4 is 10.4 Å². The van der Waals surface area contributed by atoms with E-state index in [0.29, 0.717) is 0 Å². The van der Waals surface area contributed by atoms with Crippen LogP contribution in [0.4, 0.5) is 0 Å². The Balaban J connectivity index is 0.000000179. The molecule has 3 aliphatic rings. The molecular formula is C36H35SiZr-. The van der Waals surface area contributed by atoms with Crippen LogP contribution in [0, 0.1) is 6.92 Å². The molecule has 0 aliphatic heterocycles. The molecule has 0 bridgehead atoms. The molecule has 0 nitrogen and oxygen atoms in total. The molecule has 3 aliphatic carbocycles. The van der Waals surface area contributed by atoms with Crippen molar-refractivity contribution in [3.05, 3.63) is 153 Å². The number of aryl methyl sites for hydroxylation is 1. The first kappa shape index (κ1) is 26.9. The fraction of sp³-hybridized carbons (Fsp3) is 0.194. The van der Waals surface area contributed by atoms with Crippen LogP contribution in [0.5, 0.6) is 0 Å². The summed E-state index contributed by atoms with van der Waals surface area (Å²) in [4.78, 5) is 0. The molecule has 0 heterocycles. The Hall–Kier alpha value is -2.67. The standard InChI is InChI=1S/C23H25Si.C13H10.Zr/c1-16-10-11-19-18(14-16)15-21-20(19)12-13-23(2,24(3,4)5)22(21)17-8-6-7-9-17;1-3-7-12(8-4-1)11-13-9-5-2-6-10-13;/h6-8,10-14H,9H2,1-5H3;1-10H;/q-1;;. The molecule has 0 saturated heterocycles. The summed E-state index contributed by atoms with van der Waals surface area (Å²) in [5.74, 6) is 0. The summed E-state index contributed by atoms with van der Waals surface area (Å²) >= 11 is 1.46. The van der Waals surface area contributed by atoms with Gasteiger partial charge in [0.15, 0.2) is 0 Å². The molecule has 188 valence electrons. The predicted molar refractivity (Wildman–Crippen MR) is 163 cm³/mol. The van der Waals surface area contributed by atoms with Gasteiger partial charge >= 0.3 is 99.2 Å². The third-order valence-electron chi connectivity index (χ3n) is 8.12. The van der Waals surface area contributed by atoms with E-state index < -0.39 is 8.07 Å². The van der Waals surface area contributed by atoms with E-state index in [1.807, 2.05) is 0 Å². The Kier molecular flexibility index (Phi) is 7.67. The average molecular weight is 587 g/mol. The van der Waals surface area contributed by atoms with Crippen molar-refractivity contribution in [2.45, 2.75) is 44.9 Å². The first-order chi connectivity index (χ1) is 18.2. The van der Waals surface area contributed by atoms with Crippen LogP contribution in [0.15, 0.2) is 126 Å². The van der Waals surface area contributed by atoms with Crippen molar-refractivity contribution in [3.8, 4) is 0 Å². The Morgan fingerprint density at radius 2 is 1.53 bits per heavy atom. The van der Waals surface area contributed by atoms with Gasteiger partial charge in [0.25, 0.3) is 0 Å². The summed E-state index contributed by atoms with van der Waals surface area (Å²) in [5, 5.41) is 2.75. The first-order valence-corrected chi connectivity index (χ1v) is 18.2. The average Bonchev–Trinajstić information content (AvgIpc) is 3.56. The van der Waals surface area contributed by atoms with Gasteiger partial charge in [0.05, 0.1) is 8.07 Å². The van der Waals surface area contributed by atoms with Gasteiger partial charge < -0.3 is 0 Å². The van der Waals surface area contributed by atoms with E-state index in [9.17, 15) is 0 Å². The molecule has 0 amide bonds. The summed E-state index contributed by atoms with van der Waals surface area (Å²) in [7, 11) is -1.45. The van der Waals surface area contributed by atoms with Crippen molar-refractivity contribution < 1.29 is 24.2 Å². The van der Waals surface area contributed by atoms with Crippen molar-refractivity contribution in [1.29, 1.82) is 0 Å². The molecule has 3 aromatic rings. The molecule has 0 fully saturated rings. The molecule has 6 rings (SSSR count). The van der Waals surface area contributed by atoms with Crippen LogP contribution in [0.1, 0.15) is 30.0 Å². The summed E-state index contributed by atoms with van der Waals surface area (Å²) in [5.41, 5.74) is 9.68. The van der Waals surface area contributed by atoms with Crippen molar-refractivity contribution >= 4 is 22.9 Å². The monoisotopic (exact) mass is 585 g/mol. The number of fused-ring (bicyclic) bond motifs is 2. The van der Waals surface area contributed by atoms with Gasteiger partial charge in [0.2, 0.25) is 0 Å². The van der Waals surface area contributed by atoms with E-state index in [1.165, 1.54) is 76.9 Å². The summed E-state index contributed by atoms with van der Waals surface area (Å²) < 4.78 is 1.42. The van der Waals surface area contributed by atoms with Gasteiger partial charge in [-0.3, -0.25) is 0 Å². The Morgan fingerprint density at radius 3 is 2.08 bits per heavy atom. The fourth-order valence-corrected chi connectivity index (χ4v) is 7.86. The second-order valence-electron chi connectivity index (χ2n) is 11.6. The summed E-state index contributed by atoms with van der Waals surface area (Å²) in [6.07, 6.45) is 16.5. The van der Waals surface area contributed by atoms with Crippen molar-refractivity contribution in [2.24, 2.45) is 0 Å². The SMILES string of the molecule is Cc1ccc2c(c1)=[C-]C1=C(C3=CC=CC3)C(C)([Si](C)(C)C)C=CC=21.[Zr]=[C](c1ccccc1)c1ccccc1. The summed E-state index contributed by atoms with van der Waals surface area (Å²) in [6, 6.07) is 27.9.